The highest BCUT2D eigenvalue weighted by atomic mass is 32.2. The van der Waals surface area contributed by atoms with Gasteiger partial charge in [0.15, 0.2) is 11.5 Å². The van der Waals surface area contributed by atoms with Crippen molar-refractivity contribution in [3.8, 4) is 11.5 Å². The van der Waals surface area contributed by atoms with Crippen LogP contribution in [0.1, 0.15) is 36.5 Å². The number of carbonyl (C=O) groups is 1. The molecule has 156 valence electrons. The zero-order chi connectivity index (χ0) is 21.3. The van der Waals surface area contributed by atoms with Crippen LogP contribution in [0.5, 0.6) is 11.5 Å². The first kappa shape index (κ1) is 20.3. The van der Waals surface area contributed by atoms with Gasteiger partial charge < -0.3 is 19.2 Å². The van der Waals surface area contributed by atoms with Gasteiger partial charge in [0.2, 0.25) is 12.7 Å². The zero-order valence-electron chi connectivity index (χ0n) is 17.1. The van der Waals surface area contributed by atoms with Crippen LogP contribution in [0.15, 0.2) is 45.6 Å². The summed E-state index contributed by atoms with van der Waals surface area (Å²) in [7, 11) is 0. The summed E-state index contributed by atoms with van der Waals surface area (Å²) >= 11 is 1.45. The van der Waals surface area contributed by atoms with Crippen molar-refractivity contribution in [3.05, 3.63) is 63.5 Å². The molecule has 2 heterocycles. The third kappa shape index (κ3) is 4.31. The maximum Gasteiger partial charge on any atom is 0.336 e. The molecule has 1 N–H and O–H groups in total. The number of hydrogen-bond donors (Lipinski definition) is 1. The Hall–Kier alpha value is -2.93. The molecule has 0 fully saturated rings. The molecule has 0 radical (unpaired) electrons. The van der Waals surface area contributed by atoms with Crippen molar-refractivity contribution in [2.45, 2.75) is 32.4 Å². The Bertz CT molecular complexity index is 1170. The summed E-state index contributed by atoms with van der Waals surface area (Å²) < 4.78 is 16.0. The molecule has 0 unspecified atom stereocenters. The van der Waals surface area contributed by atoms with Crippen molar-refractivity contribution in [1.82, 2.24) is 0 Å². The van der Waals surface area contributed by atoms with E-state index in [0.717, 1.165) is 16.5 Å². The lowest BCUT2D eigenvalue weighted by molar-refractivity contribution is -0.113. The molecule has 30 heavy (non-hydrogen) atoms. The molecule has 1 aliphatic heterocycles. The van der Waals surface area contributed by atoms with E-state index in [9.17, 15) is 9.59 Å². The van der Waals surface area contributed by atoms with E-state index < -0.39 is 0 Å². The zero-order valence-corrected chi connectivity index (χ0v) is 17.9. The van der Waals surface area contributed by atoms with Gasteiger partial charge in [-0.05, 0) is 53.8 Å². The Morgan fingerprint density at radius 2 is 1.93 bits per heavy atom. The second-order valence-electron chi connectivity index (χ2n) is 7.56. The minimum atomic E-state index is -0.375. The van der Waals surface area contributed by atoms with E-state index in [4.69, 9.17) is 13.9 Å². The molecule has 4 rings (SSSR count). The van der Waals surface area contributed by atoms with Crippen LogP contribution in [0.4, 0.5) is 5.69 Å². The summed E-state index contributed by atoms with van der Waals surface area (Å²) in [6.45, 7) is 6.50. The van der Waals surface area contributed by atoms with Gasteiger partial charge in [0.05, 0.1) is 5.75 Å². The molecular formula is C23H23NO5S. The van der Waals surface area contributed by atoms with Crippen LogP contribution in [0.25, 0.3) is 11.0 Å². The fourth-order valence-electron chi connectivity index (χ4n) is 3.56. The third-order valence-corrected chi connectivity index (χ3v) is 5.97. The first-order valence-electron chi connectivity index (χ1n) is 9.75. The number of carbonyl (C=O) groups excluding carboxylic acids is 1. The van der Waals surface area contributed by atoms with Crippen molar-refractivity contribution < 1.29 is 18.7 Å². The number of anilines is 1. The van der Waals surface area contributed by atoms with Gasteiger partial charge in [0.1, 0.15) is 5.58 Å². The standard InChI is InChI=1S/C23H23NO5S/c1-13(2)17-9-18-15(7-23(26)29-20(18)6-14(17)3)10-30-11-22(25)24-16-4-5-19-21(8-16)28-12-27-19/h4-9,13H,10-12H2,1-3H3,(H,24,25). The summed E-state index contributed by atoms with van der Waals surface area (Å²) in [6.07, 6.45) is 0. The normalized spacial score (nSPS) is 12.5. The molecule has 0 saturated carbocycles. The number of rotatable bonds is 6. The Balaban J connectivity index is 1.45. The topological polar surface area (TPSA) is 77.8 Å². The van der Waals surface area contributed by atoms with E-state index >= 15 is 0 Å². The molecule has 3 aromatic rings. The lowest BCUT2D eigenvalue weighted by Gasteiger charge is -2.13. The van der Waals surface area contributed by atoms with Crippen molar-refractivity contribution >= 4 is 34.3 Å². The average Bonchev–Trinajstić information content (AvgIpc) is 3.14. The van der Waals surface area contributed by atoms with Crippen LogP contribution in [0.2, 0.25) is 0 Å². The van der Waals surface area contributed by atoms with Gasteiger partial charge in [-0.25, -0.2) is 4.79 Å². The van der Waals surface area contributed by atoms with Crippen LogP contribution in [-0.4, -0.2) is 18.5 Å². The van der Waals surface area contributed by atoms with E-state index in [1.807, 2.05) is 13.0 Å². The van der Waals surface area contributed by atoms with Gasteiger partial charge in [-0.3, -0.25) is 4.79 Å². The van der Waals surface area contributed by atoms with Crippen LogP contribution in [0, 0.1) is 6.92 Å². The number of hydrogen-bond acceptors (Lipinski definition) is 6. The highest BCUT2D eigenvalue weighted by Gasteiger charge is 2.15. The molecule has 0 aliphatic carbocycles. The number of amides is 1. The predicted octanol–water partition coefficient (Wildman–Crippen LogP) is 4.83. The van der Waals surface area contributed by atoms with Gasteiger partial charge in [0, 0.05) is 29.0 Å². The molecule has 0 spiro atoms. The molecule has 7 heteroatoms. The van der Waals surface area contributed by atoms with Crippen molar-refractivity contribution in [2.24, 2.45) is 0 Å². The molecule has 1 amide bonds. The Kier molecular flexibility index (Phi) is 5.72. The third-order valence-electron chi connectivity index (χ3n) is 4.99. The van der Waals surface area contributed by atoms with Crippen molar-refractivity contribution in [1.29, 1.82) is 0 Å². The fourth-order valence-corrected chi connectivity index (χ4v) is 4.38. The highest BCUT2D eigenvalue weighted by molar-refractivity contribution is 7.99. The van der Waals surface area contributed by atoms with E-state index in [1.54, 1.807) is 18.2 Å². The summed E-state index contributed by atoms with van der Waals surface area (Å²) in [4.78, 5) is 24.3. The van der Waals surface area contributed by atoms with Crippen LogP contribution in [-0.2, 0) is 10.5 Å². The monoisotopic (exact) mass is 425 g/mol. The lowest BCUT2D eigenvalue weighted by Crippen LogP contribution is -2.14. The molecule has 0 atom stereocenters. The fraction of sp³-hybridized carbons (Fsp3) is 0.304. The molecule has 0 saturated heterocycles. The number of nitrogens with one attached hydrogen (secondary N) is 1. The minimum Gasteiger partial charge on any atom is -0.454 e. The van der Waals surface area contributed by atoms with Gasteiger partial charge in [-0.15, -0.1) is 11.8 Å². The van der Waals surface area contributed by atoms with Crippen LogP contribution in [0.3, 0.4) is 0 Å². The van der Waals surface area contributed by atoms with Crippen LogP contribution < -0.4 is 20.4 Å². The predicted molar refractivity (Wildman–Crippen MR) is 119 cm³/mol. The van der Waals surface area contributed by atoms with Gasteiger partial charge in [0.25, 0.3) is 0 Å². The van der Waals surface area contributed by atoms with Crippen LogP contribution >= 0.6 is 11.8 Å². The summed E-state index contributed by atoms with van der Waals surface area (Å²) in [6, 6.07) is 10.8. The SMILES string of the molecule is Cc1cc2oc(=O)cc(CSCC(=O)Nc3ccc4c(c3)OCO4)c2cc1C(C)C. The Morgan fingerprint density at radius 3 is 2.73 bits per heavy atom. The van der Waals surface area contributed by atoms with Gasteiger partial charge in [-0.2, -0.15) is 0 Å². The number of aryl methyl sites for hydroxylation is 1. The first-order valence-corrected chi connectivity index (χ1v) is 10.9. The van der Waals surface area contributed by atoms with E-state index in [-0.39, 0.29) is 24.1 Å². The molecular weight excluding hydrogens is 402 g/mol. The average molecular weight is 426 g/mol. The van der Waals surface area contributed by atoms with E-state index in [0.29, 0.717) is 34.4 Å². The van der Waals surface area contributed by atoms with Crippen molar-refractivity contribution in [3.63, 3.8) is 0 Å². The number of benzene rings is 2. The highest BCUT2D eigenvalue weighted by Crippen LogP contribution is 2.34. The molecule has 1 aromatic heterocycles. The Labute approximate surface area is 178 Å². The largest absolute Gasteiger partial charge is 0.454 e. The summed E-state index contributed by atoms with van der Waals surface area (Å²) in [5.41, 5.74) is 4.08. The molecule has 1 aliphatic rings. The van der Waals surface area contributed by atoms with Crippen molar-refractivity contribution in [2.75, 3.05) is 17.9 Å². The number of fused-ring (bicyclic) bond motifs is 2. The maximum atomic E-state index is 12.3. The number of thioether (sulfide) groups is 1. The van der Waals surface area contributed by atoms with Gasteiger partial charge in [-0.1, -0.05) is 13.8 Å². The molecule has 0 bridgehead atoms. The van der Waals surface area contributed by atoms with E-state index in [2.05, 4.69) is 25.2 Å². The first-order chi connectivity index (χ1) is 14.4. The minimum absolute atomic E-state index is 0.121. The summed E-state index contributed by atoms with van der Waals surface area (Å²) in [5, 5.41) is 3.79. The van der Waals surface area contributed by atoms with E-state index in [1.165, 1.54) is 23.4 Å². The van der Waals surface area contributed by atoms with Gasteiger partial charge >= 0.3 is 5.63 Å². The number of ether oxygens (including phenoxy) is 2. The Morgan fingerprint density at radius 1 is 1.13 bits per heavy atom. The molecule has 6 nitrogen and oxygen atoms in total. The maximum absolute atomic E-state index is 12.3. The summed E-state index contributed by atoms with van der Waals surface area (Å²) in [5.74, 6) is 2.35. The lowest BCUT2D eigenvalue weighted by atomic mass is 9.95. The second kappa shape index (κ2) is 8.44. The second-order valence-corrected chi connectivity index (χ2v) is 8.54. The quantitative estimate of drug-likeness (QED) is 0.570. The molecule has 2 aromatic carbocycles. The smallest absolute Gasteiger partial charge is 0.336 e.